The topological polar surface area (TPSA) is 80.7 Å². The van der Waals surface area contributed by atoms with Gasteiger partial charge < -0.3 is 9.84 Å². The average Bonchev–Trinajstić information content (AvgIpc) is 3.14. The van der Waals surface area contributed by atoms with Crippen LogP contribution in [0.2, 0.25) is 0 Å². The van der Waals surface area contributed by atoms with Crippen molar-refractivity contribution in [3.05, 3.63) is 34.4 Å². The van der Waals surface area contributed by atoms with Crippen molar-refractivity contribution in [1.29, 1.82) is 0 Å². The molecule has 5 heteroatoms. The second-order valence-corrected chi connectivity index (χ2v) is 10.2. The van der Waals surface area contributed by atoms with E-state index in [4.69, 9.17) is 4.74 Å². The number of fused-ring (bicyclic) bond motifs is 3. The third-order valence-electron chi connectivity index (χ3n) is 8.97. The Balaban J connectivity index is 1.76. The molecule has 5 aliphatic carbocycles. The number of hydrogen-bond acceptors (Lipinski definition) is 5. The minimum atomic E-state index is -1.10. The number of Topliss-reactive ketones (excluding diaryl/α,β-unsaturated/α-hetero) is 1. The predicted molar refractivity (Wildman–Crippen MR) is 110 cm³/mol. The van der Waals surface area contributed by atoms with Gasteiger partial charge >= 0.3 is 5.97 Å². The van der Waals surface area contributed by atoms with E-state index in [9.17, 15) is 19.5 Å². The number of carbonyl (C=O) groups is 3. The van der Waals surface area contributed by atoms with E-state index in [1.165, 1.54) is 0 Å². The molecule has 0 aliphatic heterocycles. The van der Waals surface area contributed by atoms with Gasteiger partial charge in [0.2, 0.25) is 0 Å². The van der Waals surface area contributed by atoms with E-state index < -0.39 is 28.8 Å². The highest BCUT2D eigenvalue weighted by atomic mass is 16.5. The predicted octanol–water partition coefficient (Wildman–Crippen LogP) is 3.61. The lowest BCUT2D eigenvalue weighted by molar-refractivity contribution is -0.150. The summed E-state index contributed by atoms with van der Waals surface area (Å²) < 4.78 is 5.39. The molecule has 0 bridgehead atoms. The molecule has 0 heterocycles. The third-order valence-corrected chi connectivity index (χ3v) is 8.97. The molecule has 30 heavy (non-hydrogen) atoms. The summed E-state index contributed by atoms with van der Waals surface area (Å²) in [5.74, 6) is -1.05. The molecule has 5 rings (SSSR count). The zero-order chi connectivity index (χ0) is 21.5. The minimum absolute atomic E-state index is 0.000841. The summed E-state index contributed by atoms with van der Waals surface area (Å²) in [6.45, 7) is 6.28. The van der Waals surface area contributed by atoms with Gasteiger partial charge in [0.25, 0.3) is 0 Å². The standard InChI is InChI=1S/C25H30O5/c1-4-30-22(29)20-19-15(24(3)11-5-14(26)13-17(24)21(20)28)7-12-25-16(19)6-9-23(25,2)10-8-18(25)27/h6,13,20-21,28H,4-5,7-12H2,1-3H3/t20-,21+,23-,24?,25+/m0/s1. The largest absolute Gasteiger partial charge is 0.465 e. The lowest BCUT2D eigenvalue weighted by Gasteiger charge is -2.53. The Morgan fingerprint density at radius 1 is 1.17 bits per heavy atom. The highest BCUT2D eigenvalue weighted by molar-refractivity contribution is 5.96. The van der Waals surface area contributed by atoms with Crippen molar-refractivity contribution in [2.45, 2.75) is 71.8 Å². The van der Waals surface area contributed by atoms with Crippen molar-refractivity contribution in [2.24, 2.45) is 22.2 Å². The van der Waals surface area contributed by atoms with Crippen LogP contribution in [0.3, 0.4) is 0 Å². The molecule has 1 unspecified atom stereocenters. The number of aliphatic hydroxyl groups excluding tert-OH is 1. The second-order valence-electron chi connectivity index (χ2n) is 10.2. The number of hydrogen-bond donors (Lipinski definition) is 1. The zero-order valence-electron chi connectivity index (χ0n) is 18.0. The molecule has 0 aromatic heterocycles. The Kier molecular flexibility index (Phi) is 4.15. The fourth-order valence-corrected chi connectivity index (χ4v) is 7.34. The van der Waals surface area contributed by atoms with Gasteiger partial charge in [-0.2, -0.15) is 0 Å². The number of carbonyl (C=O) groups excluding carboxylic acids is 3. The number of ether oxygens (including phenoxy) is 1. The number of ketones is 2. The van der Waals surface area contributed by atoms with Crippen LogP contribution in [0.4, 0.5) is 0 Å². The van der Waals surface area contributed by atoms with Crippen molar-refractivity contribution in [3.63, 3.8) is 0 Å². The molecule has 5 atom stereocenters. The quantitative estimate of drug-likeness (QED) is 0.704. The van der Waals surface area contributed by atoms with Crippen LogP contribution in [0.25, 0.3) is 0 Å². The Morgan fingerprint density at radius 2 is 1.93 bits per heavy atom. The van der Waals surface area contributed by atoms with E-state index in [-0.39, 0.29) is 23.6 Å². The molecule has 0 aromatic carbocycles. The maximum Gasteiger partial charge on any atom is 0.316 e. The first-order valence-electron chi connectivity index (χ1n) is 11.3. The van der Waals surface area contributed by atoms with Crippen LogP contribution < -0.4 is 0 Å². The van der Waals surface area contributed by atoms with Crippen LogP contribution in [-0.2, 0) is 19.1 Å². The van der Waals surface area contributed by atoms with Gasteiger partial charge in [-0.15, -0.1) is 0 Å². The molecule has 0 aromatic rings. The van der Waals surface area contributed by atoms with Crippen molar-refractivity contribution >= 4 is 17.5 Å². The number of esters is 1. The van der Waals surface area contributed by atoms with Crippen molar-refractivity contribution in [2.75, 3.05) is 6.61 Å². The van der Waals surface area contributed by atoms with Crippen molar-refractivity contribution in [1.82, 2.24) is 0 Å². The highest BCUT2D eigenvalue weighted by Crippen LogP contribution is 2.70. The van der Waals surface area contributed by atoms with Gasteiger partial charge in [0, 0.05) is 18.3 Å². The number of aliphatic hydroxyl groups is 1. The fourth-order valence-electron chi connectivity index (χ4n) is 7.34. The van der Waals surface area contributed by atoms with Gasteiger partial charge in [0.05, 0.1) is 18.1 Å². The molecular formula is C25H30O5. The van der Waals surface area contributed by atoms with Crippen LogP contribution in [0.15, 0.2) is 34.4 Å². The van der Waals surface area contributed by atoms with E-state index in [0.29, 0.717) is 24.8 Å². The van der Waals surface area contributed by atoms with Gasteiger partial charge in [0.15, 0.2) is 5.78 Å². The van der Waals surface area contributed by atoms with Crippen LogP contribution >= 0.6 is 0 Å². The van der Waals surface area contributed by atoms with E-state index in [0.717, 1.165) is 42.4 Å². The van der Waals surface area contributed by atoms with Crippen LogP contribution in [-0.4, -0.2) is 35.4 Å². The number of allylic oxidation sites excluding steroid dienone is 4. The Hall–Kier alpha value is -2.01. The van der Waals surface area contributed by atoms with E-state index in [2.05, 4.69) is 19.9 Å². The first kappa shape index (κ1) is 19.9. The molecule has 160 valence electrons. The highest BCUT2D eigenvalue weighted by Gasteiger charge is 2.66. The summed E-state index contributed by atoms with van der Waals surface area (Å²) in [5, 5.41) is 11.4. The monoisotopic (exact) mass is 410 g/mol. The molecule has 0 saturated heterocycles. The third kappa shape index (κ3) is 2.20. The first-order chi connectivity index (χ1) is 14.2. The Labute approximate surface area is 177 Å². The minimum Gasteiger partial charge on any atom is -0.465 e. The Bertz CT molecular complexity index is 968. The molecular weight excluding hydrogens is 380 g/mol. The van der Waals surface area contributed by atoms with E-state index >= 15 is 0 Å². The van der Waals surface area contributed by atoms with Crippen molar-refractivity contribution in [3.8, 4) is 0 Å². The normalized spacial score (nSPS) is 42.1. The summed E-state index contributed by atoms with van der Waals surface area (Å²) >= 11 is 0. The molecule has 0 radical (unpaired) electrons. The fraction of sp³-hybridized carbons (Fsp3) is 0.640. The van der Waals surface area contributed by atoms with E-state index in [1.807, 2.05) is 0 Å². The summed E-state index contributed by atoms with van der Waals surface area (Å²) in [4.78, 5) is 38.6. The van der Waals surface area contributed by atoms with Crippen LogP contribution in [0.1, 0.15) is 65.7 Å². The zero-order valence-corrected chi connectivity index (χ0v) is 18.0. The van der Waals surface area contributed by atoms with Crippen LogP contribution in [0, 0.1) is 22.2 Å². The summed E-state index contributed by atoms with van der Waals surface area (Å²) in [5.41, 5.74) is 2.49. The molecule has 5 nitrogen and oxygen atoms in total. The summed E-state index contributed by atoms with van der Waals surface area (Å²) in [6.07, 6.45) is 7.46. The van der Waals surface area contributed by atoms with Gasteiger partial charge in [-0.3, -0.25) is 14.4 Å². The smallest absolute Gasteiger partial charge is 0.316 e. The van der Waals surface area contributed by atoms with E-state index in [1.54, 1.807) is 13.0 Å². The molecule has 5 aliphatic rings. The molecule has 1 spiro atoms. The summed E-state index contributed by atoms with van der Waals surface area (Å²) in [7, 11) is 0. The van der Waals surface area contributed by atoms with Gasteiger partial charge in [0.1, 0.15) is 11.7 Å². The first-order valence-corrected chi connectivity index (χ1v) is 11.3. The van der Waals surface area contributed by atoms with Crippen LogP contribution in [0.5, 0.6) is 0 Å². The maximum absolute atomic E-state index is 13.3. The SMILES string of the molecule is CCOC(=O)[C@H]1C2=C(CC[C@@]34C(=O)CC[C@]3(C)CC=C24)C2(C)CCC(=O)C=C2[C@H]1O. The van der Waals surface area contributed by atoms with Gasteiger partial charge in [-0.05, 0) is 67.2 Å². The van der Waals surface area contributed by atoms with Crippen molar-refractivity contribution < 1.29 is 24.2 Å². The lowest BCUT2D eigenvalue weighted by Crippen LogP contribution is -2.51. The van der Waals surface area contributed by atoms with Gasteiger partial charge in [-0.1, -0.05) is 25.5 Å². The second kappa shape index (κ2) is 6.25. The average molecular weight is 411 g/mol. The maximum atomic E-state index is 13.3. The lowest BCUT2D eigenvalue weighted by atomic mass is 9.50. The Morgan fingerprint density at radius 3 is 2.67 bits per heavy atom. The molecule has 1 fully saturated rings. The summed E-state index contributed by atoms with van der Waals surface area (Å²) in [6, 6.07) is 0. The molecule has 1 N–H and O–H groups in total. The molecule has 0 amide bonds. The molecule has 1 saturated carbocycles. The van der Waals surface area contributed by atoms with Gasteiger partial charge in [-0.25, -0.2) is 0 Å². The number of rotatable bonds is 2.